The van der Waals surface area contributed by atoms with Gasteiger partial charge in [-0.1, -0.05) is 0 Å². The topological polar surface area (TPSA) is 47.9 Å². The van der Waals surface area contributed by atoms with Crippen LogP contribution in [0.1, 0.15) is 0 Å². The molecule has 13 heavy (non-hydrogen) atoms. The second-order valence-electron chi connectivity index (χ2n) is 2.59. The van der Waals surface area contributed by atoms with E-state index in [1.54, 1.807) is 37.7 Å². The van der Waals surface area contributed by atoms with Crippen molar-refractivity contribution in [3.8, 4) is 0 Å². The summed E-state index contributed by atoms with van der Waals surface area (Å²) >= 11 is 0. The van der Waals surface area contributed by atoms with E-state index in [1.165, 1.54) is 4.90 Å². The lowest BCUT2D eigenvalue weighted by molar-refractivity contribution is 0.191. The molecule has 0 saturated heterocycles. The fourth-order valence-corrected chi connectivity index (χ4v) is 0.682. The molecule has 5 nitrogen and oxygen atoms in total. The van der Waals surface area contributed by atoms with E-state index in [1.807, 2.05) is 0 Å². The first-order valence-corrected chi connectivity index (χ1v) is 3.63. The van der Waals surface area contributed by atoms with E-state index in [4.69, 9.17) is 0 Å². The van der Waals surface area contributed by atoms with Crippen molar-refractivity contribution in [2.75, 3.05) is 20.6 Å². The molecule has 2 amide bonds. The number of halogens is 1. The quantitative estimate of drug-likeness (QED) is 0.675. The van der Waals surface area contributed by atoms with Gasteiger partial charge in [0.25, 0.3) is 0 Å². The summed E-state index contributed by atoms with van der Waals surface area (Å²) in [7, 11) is 3.38. The number of nitrogens with zero attached hydrogens (tertiary/aromatic N) is 3. The maximum Gasteiger partial charge on any atom is 0.335 e. The lowest BCUT2D eigenvalue weighted by atomic mass is 10.6. The summed E-state index contributed by atoms with van der Waals surface area (Å²) in [5.74, 6) is 0. The van der Waals surface area contributed by atoms with Crippen molar-refractivity contribution in [2.45, 2.75) is 0 Å². The number of amides is 2. The van der Waals surface area contributed by atoms with Gasteiger partial charge in [-0.2, -0.15) is 0 Å². The highest BCUT2D eigenvalue weighted by Gasteiger charge is 2.06. The van der Waals surface area contributed by atoms with Gasteiger partial charge in [-0.05, 0) is 0 Å². The first-order chi connectivity index (χ1) is 5.70. The van der Waals surface area contributed by atoms with Crippen molar-refractivity contribution in [1.82, 2.24) is 15.3 Å². The molecule has 0 aromatic rings. The van der Waals surface area contributed by atoms with Crippen LogP contribution in [0, 0.1) is 0 Å². The monoisotopic (exact) mass is 204 g/mol. The lowest BCUT2D eigenvalue weighted by Crippen LogP contribution is -2.45. The Morgan fingerprint density at radius 2 is 2.31 bits per heavy atom. The van der Waals surface area contributed by atoms with Gasteiger partial charge in [0, 0.05) is 32.7 Å². The Balaban J connectivity index is 0.00000144. The van der Waals surface area contributed by atoms with E-state index in [9.17, 15) is 4.79 Å². The Kier molecular flexibility index (Phi) is 4.91. The number of carbonyl (C=O) groups is 1. The highest BCUT2D eigenvalue weighted by molar-refractivity contribution is 5.85. The molecular formula is C7H13ClN4O. The third-order valence-corrected chi connectivity index (χ3v) is 1.36. The molecule has 0 bridgehead atoms. The molecule has 74 valence electrons. The zero-order chi connectivity index (χ0) is 8.97. The highest BCUT2D eigenvalue weighted by Crippen LogP contribution is 1.90. The molecule has 0 radical (unpaired) electrons. The zero-order valence-electron chi connectivity index (χ0n) is 7.60. The summed E-state index contributed by atoms with van der Waals surface area (Å²) in [6, 6.07) is -0.144. The molecule has 6 heteroatoms. The van der Waals surface area contributed by atoms with Crippen molar-refractivity contribution >= 4 is 24.7 Å². The van der Waals surface area contributed by atoms with Crippen LogP contribution in [0.4, 0.5) is 4.79 Å². The third kappa shape index (κ3) is 3.80. The average Bonchev–Trinajstić information content (AvgIpc) is 2.06. The molecule has 1 heterocycles. The fraction of sp³-hybridized carbons (Fsp3) is 0.429. The van der Waals surface area contributed by atoms with Crippen LogP contribution < -0.4 is 5.43 Å². The second-order valence-corrected chi connectivity index (χ2v) is 2.59. The van der Waals surface area contributed by atoms with E-state index in [0.717, 1.165) is 0 Å². The summed E-state index contributed by atoms with van der Waals surface area (Å²) in [5.41, 5.74) is 2.66. The van der Waals surface area contributed by atoms with Crippen LogP contribution in [0.2, 0.25) is 0 Å². The highest BCUT2D eigenvalue weighted by atomic mass is 35.5. The largest absolute Gasteiger partial charge is 0.335 e. The molecule has 0 atom stereocenters. The van der Waals surface area contributed by atoms with Crippen LogP contribution in [0.15, 0.2) is 17.4 Å². The Morgan fingerprint density at radius 1 is 1.62 bits per heavy atom. The lowest BCUT2D eigenvalue weighted by Gasteiger charge is -2.22. The smallest absolute Gasteiger partial charge is 0.330 e. The number of hydrazine groups is 1. The van der Waals surface area contributed by atoms with Gasteiger partial charge < -0.3 is 4.90 Å². The molecular weight excluding hydrogens is 192 g/mol. The van der Waals surface area contributed by atoms with Crippen molar-refractivity contribution < 1.29 is 4.79 Å². The second kappa shape index (κ2) is 5.42. The van der Waals surface area contributed by atoms with Crippen LogP contribution in [0.5, 0.6) is 0 Å². The molecule has 0 unspecified atom stereocenters. The Labute approximate surface area is 83.5 Å². The van der Waals surface area contributed by atoms with E-state index in [2.05, 4.69) is 10.4 Å². The fourth-order valence-electron chi connectivity index (χ4n) is 0.682. The summed E-state index contributed by atoms with van der Waals surface area (Å²) < 4.78 is 0. The zero-order valence-corrected chi connectivity index (χ0v) is 8.41. The minimum absolute atomic E-state index is 0. The third-order valence-electron chi connectivity index (χ3n) is 1.36. The van der Waals surface area contributed by atoms with Gasteiger partial charge in [-0.15, -0.1) is 12.4 Å². The first kappa shape index (κ1) is 11.8. The van der Waals surface area contributed by atoms with Crippen LogP contribution in [0.3, 0.4) is 0 Å². The predicted octanol–water partition coefficient (Wildman–Crippen LogP) is 0.452. The average molecular weight is 205 g/mol. The van der Waals surface area contributed by atoms with Gasteiger partial charge in [0.1, 0.15) is 0 Å². The van der Waals surface area contributed by atoms with Crippen LogP contribution in [0.25, 0.3) is 0 Å². The number of aliphatic imine (C=N–C) groups is 1. The standard InChI is InChI=1S/C7H12N4O.ClH/c1-10(2)7(12)9-11-5-3-8-4-6-11;/h3-5H,6H2,1-2H3,(H,9,12);1H. The minimum atomic E-state index is -0.144. The van der Waals surface area contributed by atoms with Crippen molar-refractivity contribution in [3.63, 3.8) is 0 Å². The van der Waals surface area contributed by atoms with Gasteiger partial charge in [0.15, 0.2) is 0 Å². The molecule has 0 saturated carbocycles. The van der Waals surface area contributed by atoms with Gasteiger partial charge in [-0.25, -0.2) is 10.2 Å². The van der Waals surface area contributed by atoms with Crippen molar-refractivity contribution in [2.24, 2.45) is 4.99 Å². The van der Waals surface area contributed by atoms with Gasteiger partial charge in [0.2, 0.25) is 0 Å². The number of hydrogen-bond acceptors (Lipinski definition) is 3. The molecule has 1 aliphatic rings. The summed E-state index contributed by atoms with van der Waals surface area (Å²) in [6.07, 6.45) is 5.05. The van der Waals surface area contributed by atoms with Crippen LogP contribution in [-0.2, 0) is 0 Å². The number of carbonyl (C=O) groups excluding carboxylic acids is 1. The molecule has 1 N–H and O–H groups in total. The molecule has 0 aromatic heterocycles. The van der Waals surface area contributed by atoms with E-state index in [0.29, 0.717) is 6.54 Å². The maximum absolute atomic E-state index is 11.1. The first-order valence-electron chi connectivity index (χ1n) is 3.63. The van der Waals surface area contributed by atoms with Gasteiger partial charge in [-0.3, -0.25) is 10.0 Å². The van der Waals surface area contributed by atoms with E-state index in [-0.39, 0.29) is 18.4 Å². The van der Waals surface area contributed by atoms with E-state index >= 15 is 0 Å². The summed E-state index contributed by atoms with van der Waals surface area (Å²) in [4.78, 5) is 16.4. The van der Waals surface area contributed by atoms with Gasteiger partial charge >= 0.3 is 6.03 Å². The Bertz CT molecular complexity index is 227. The minimum Gasteiger partial charge on any atom is -0.330 e. The van der Waals surface area contributed by atoms with E-state index < -0.39 is 0 Å². The molecule has 1 aliphatic heterocycles. The predicted molar refractivity (Wildman–Crippen MR) is 53.8 cm³/mol. The maximum atomic E-state index is 11.1. The number of nitrogens with one attached hydrogen (secondary N) is 1. The van der Waals surface area contributed by atoms with Gasteiger partial charge in [0.05, 0.1) is 6.54 Å². The molecule has 0 aliphatic carbocycles. The molecule has 0 aromatic carbocycles. The number of hydrogen-bond donors (Lipinski definition) is 1. The molecule has 1 rings (SSSR count). The summed E-state index contributed by atoms with van der Waals surface area (Å²) in [5, 5.41) is 1.66. The Hall–Kier alpha value is -1.23. The summed E-state index contributed by atoms with van der Waals surface area (Å²) in [6.45, 7) is 0.607. The van der Waals surface area contributed by atoms with Crippen LogP contribution in [-0.4, -0.2) is 42.8 Å². The Morgan fingerprint density at radius 3 is 2.77 bits per heavy atom. The van der Waals surface area contributed by atoms with Crippen molar-refractivity contribution in [1.29, 1.82) is 0 Å². The molecule has 0 spiro atoms. The molecule has 0 fully saturated rings. The normalized spacial score (nSPS) is 13.5. The SMILES string of the molecule is CN(C)C(=O)NN1C=CN=CC1.Cl. The van der Waals surface area contributed by atoms with Crippen molar-refractivity contribution in [3.05, 3.63) is 12.4 Å². The van der Waals surface area contributed by atoms with Crippen LogP contribution >= 0.6 is 12.4 Å². The number of urea groups is 1. The number of rotatable bonds is 1.